The van der Waals surface area contributed by atoms with Crippen molar-refractivity contribution >= 4 is 23.4 Å². The molecule has 1 N–H and O–H groups in total. The lowest BCUT2D eigenvalue weighted by Gasteiger charge is -2.35. The molecule has 0 saturated carbocycles. The van der Waals surface area contributed by atoms with Crippen LogP contribution in [0.25, 0.3) is 0 Å². The highest BCUT2D eigenvalue weighted by molar-refractivity contribution is 5.98. The van der Waals surface area contributed by atoms with Crippen LogP contribution in [0.3, 0.4) is 0 Å². The summed E-state index contributed by atoms with van der Waals surface area (Å²) in [5.74, 6) is 1.66. The van der Waals surface area contributed by atoms with Crippen LogP contribution >= 0.6 is 0 Å². The zero-order valence-electron chi connectivity index (χ0n) is 16.3. The smallest absolute Gasteiger partial charge is 0.246 e. The monoisotopic (exact) mass is 370 g/mol. The highest BCUT2D eigenvalue weighted by Gasteiger charge is 2.27. The minimum Gasteiger partial charge on any atom is -0.362 e. The molecule has 27 heavy (non-hydrogen) atoms. The van der Waals surface area contributed by atoms with Gasteiger partial charge in [0.2, 0.25) is 5.91 Å². The van der Waals surface area contributed by atoms with Gasteiger partial charge >= 0.3 is 0 Å². The van der Waals surface area contributed by atoms with Crippen molar-refractivity contribution in [1.82, 2.24) is 25.0 Å². The fraction of sp³-hybridized carbons (Fsp3) is 0.444. The Hall–Kier alpha value is -3.10. The molecular formula is C18H26N8O. The van der Waals surface area contributed by atoms with Gasteiger partial charge in [0.15, 0.2) is 5.96 Å². The molecule has 1 saturated heterocycles. The van der Waals surface area contributed by atoms with E-state index in [9.17, 15) is 4.79 Å². The first-order valence-electron chi connectivity index (χ1n) is 8.85. The molecule has 0 aliphatic carbocycles. The lowest BCUT2D eigenvalue weighted by molar-refractivity contribution is -0.120. The van der Waals surface area contributed by atoms with E-state index in [0.717, 1.165) is 17.1 Å². The fourth-order valence-electron chi connectivity index (χ4n) is 3.15. The molecule has 0 atom stereocenters. The number of amides is 1. The summed E-state index contributed by atoms with van der Waals surface area (Å²) in [6.07, 6.45) is 5.35. The Bertz CT molecular complexity index is 828. The van der Waals surface area contributed by atoms with E-state index in [4.69, 9.17) is 0 Å². The summed E-state index contributed by atoms with van der Waals surface area (Å²) in [4.78, 5) is 27.1. The molecule has 0 unspecified atom stereocenters. The summed E-state index contributed by atoms with van der Waals surface area (Å²) in [7, 11) is 7.51. The molecule has 0 radical (unpaired) electrons. The number of aryl methyl sites for hydroxylation is 1. The number of carbonyl (C=O) groups excluding carboxylic acids is 1. The van der Waals surface area contributed by atoms with Gasteiger partial charge in [-0.05, 0) is 6.07 Å². The van der Waals surface area contributed by atoms with Crippen LogP contribution in [0.2, 0.25) is 0 Å². The first-order chi connectivity index (χ1) is 13.0. The molecule has 9 nitrogen and oxygen atoms in total. The lowest BCUT2D eigenvalue weighted by atomic mass is 10.2. The third-order valence-electron chi connectivity index (χ3n) is 4.46. The molecule has 0 bridgehead atoms. The molecule has 1 aliphatic heterocycles. The van der Waals surface area contributed by atoms with Crippen molar-refractivity contribution in [1.29, 1.82) is 0 Å². The second kappa shape index (κ2) is 8.07. The van der Waals surface area contributed by atoms with Gasteiger partial charge in [0, 0.05) is 65.8 Å². The largest absolute Gasteiger partial charge is 0.362 e. The third kappa shape index (κ3) is 4.18. The van der Waals surface area contributed by atoms with Gasteiger partial charge in [0.05, 0.1) is 11.9 Å². The number of piperazine rings is 1. The van der Waals surface area contributed by atoms with Gasteiger partial charge in [-0.15, -0.1) is 0 Å². The molecule has 1 aliphatic rings. The Morgan fingerprint density at radius 3 is 2.81 bits per heavy atom. The van der Waals surface area contributed by atoms with Gasteiger partial charge in [-0.3, -0.25) is 14.5 Å². The third-order valence-corrected chi connectivity index (χ3v) is 4.46. The van der Waals surface area contributed by atoms with Crippen LogP contribution in [-0.2, 0) is 18.4 Å². The van der Waals surface area contributed by atoms with Crippen molar-refractivity contribution in [2.24, 2.45) is 12.0 Å². The molecule has 144 valence electrons. The number of guanidine groups is 1. The molecule has 0 spiro atoms. The number of aromatic nitrogens is 3. The van der Waals surface area contributed by atoms with Crippen LogP contribution in [0.5, 0.6) is 0 Å². The Morgan fingerprint density at radius 2 is 2.19 bits per heavy atom. The van der Waals surface area contributed by atoms with E-state index in [-0.39, 0.29) is 12.5 Å². The second-order valence-corrected chi connectivity index (χ2v) is 6.62. The van der Waals surface area contributed by atoms with E-state index in [1.807, 2.05) is 49.3 Å². The zero-order chi connectivity index (χ0) is 19.4. The zero-order valence-corrected chi connectivity index (χ0v) is 16.3. The van der Waals surface area contributed by atoms with Gasteiger partial charge < -0.3 is 20.0 Å². The lowest BCUT2D eigenvalue weighted by Crippen LogP contribution is -2.55. The van der Waals surface area contributed by atoms with Gasteiger partial charge in [-0.1, -0.05) is 6.07 Å². The molecular weight excluding hydrogens is 344 g/mol. The number of hydrogen-bond donors (Lipinski definition) is 1. The van der Waals surface area contributed by atoms with Gasteiger partial charge in [0.1, 0.15) is 12.4 Å². The van der Waals surface area contributed by atoms with E-state index in [1.54, 1.807) is 29.0 Å². The topological polar surface area (TPSA) is 81.9 Å². The van der Waals surface area contributed by atoms with Crippen LogP contribution in [-0.4, -0.2) is 72.3 Å². The van der Waals surface area contributed by atoms with E-state index in [1.165, 1.54) is 0 Å². The van der Waals surface area contributed by atoms with Gasteiger partial charge in [-0.2, -0.15) is 5.10 Å². The van der Waals surface area contributed by atoms with Crippen LogP contribution in [0.4, 0.5) is 11.5 Å². The molecule has 9 heteroatoms. The molecule has 3 rings (SSSR count). The summed E-state index contributed by atoms with van der Waals surface area (Å²) in [5, 5.41) is 7.50. The summed E-state index contributed by atoms with van der Waals surface area (Å²) in [6.45, 7) is 2.17. The predicted octanol–water partition coefficient (Wildman–Crippen LogP) is 0.305. The van der Waals surface area contributed by atoms with Crippen molar-refractivity contribution in [3.63, 3.8) is 0 Å². The number of nitrogens with zero attached hydrogens (tertiary/aromatic N) is 7. The Kier molecular flexibility index (Phi) is 5.58. The molecule has 1 fully saturated rings. The Balaban J connectivity index is 1.63. The molecule has 2 aromatic heterocycles. The van der Waals surface area contributed by atoms with Crippen molar-refractivity contribution in [3.8, 4) is 0 Å². The Morgan fingerprint density at radius 1 is 1.37 bits per heavy atom. The van der Waals surface area contributed by atoms with Crippen molar-refractivity contribution in [2.75, 3.05) is 50.6 Å². The number of nitrogens with one attached hydrogen (secondary N) is 1. The maximum absolute atomic E-state index is 12.6. The first kappa shape index (κ1) is 18.7. The maximum Gasteiger partial charge on any atom is 0.246 e. The minimum atomic E-state index is 0.0348. The van der Waals surface area contributed by atoms with Crippen molar-refractivity contribution < 1.29 is 4.79 Å². The highest BCUT2D eigenvalue weighted by atomic mass is 16.2. The average Bonchev–Trinajstić information content (AvgIpc) is 3.08. The number of anilines is 2. The van der Waals surface area contributed by atoms with E-state index in [2.05, 4.69) is 20.4 Å². The van der Waals surface area contributed by atoms with E-state index >= 15 is 0 Å². The molecule has 2 aromatic rings. The summed E-state index contributed by atoms with van der Waals surface area (Å²) >= 11 is 0. The van der Waals surface area contributed by atoms with Crippen molar-refractivity contribution in [2.45, 2.75) is 6.54 Å². The molecule has 1 amide bonds. The number of carbonyl (C=O) groups is 1. The predicted molar refractivity (Wildman–Crippen MR) is 106 cm³/mol. The van der Waals surface area contributed by atoms with Crippen LogP contribution in [0, 0.1) is 0 Å². The number of aliphatic imine (C=N–C) groups is 1. The van der Waals surface area contributed by atoms with E-state index in [0.29, 0.717) is 25.6 Å². The molecule has 0 aromatic carbocycles. The normalized spacial score (nSPS) is 15.3. The van der Waals surface area contributed by atoms with Crippen LogP contribution < -0.4 is 15.1 Å². The van der Waals surface area contributed by atoms with Gasteiger partial charge in [0.25, 0.3) is 0 Å². The number of pyridine rings is 1. The van der Waals surface area contributed by atoms with Gasteiger partial charge in [-0.25, -0.2) is 4.98 Å². The van der Waals surface area contributed by atoms with Crippen molar-refractivity contribution in [3.05, 3.63) is 36.3 Å². The fourth-order valence-corrected chi connectivity index (χ4v) is 3.15. The minimum absolute atomic E-state index is 0.0348. The van der Waals surface area contributed by atoms with E-state index < -0.39 is 0 Å². The average molecular weight is 370 g/mol. The number of rotatable bonds is 4. The standard InChI is InChI=1S/C18H26N8O/c1-19-18(21-10-14-6-5-7-20-17(14)23(2)3)25-8-9-26(16(27)13-25)15-11-22-24(4)12-15/h5-7,11-12H,8-10,13H2,1-4H3,(H,19,21). The van der Waals surface area contributed by atoms with Crippen LogP contribution in [0.1, 0.15) is 5.56 Å². The summed E-state index contributed by atoms with van der Waals surface area (Å²) in [6, 6.07) is 3.96. The van der Waals surface area contributed by atoms with Crippen LogP contribution in [0.15, 0.2) is 35.7 Å². The number of hydrogen-bond acceptors (Lipinski definition) is 5. The highest BCUT2D eigenvalue weighted by Crippen LogP contribution is 2.17. The quantitative estimate of drug-likeness (QED) is 0.616. The first-order valence-corrected chi connectivity index (χ1v) is 8.85. The maximum atomic E-state index is 12.6. The SMILES string of the molecule is CN=C(NCc1cccnc1N(C)C)N1CCN(c2cnn(C)c2)C(=O)C1. The summed E-state index contributed by atoms with van der Waals surface area (Å²) < 4.78 is 1.70. The Labute approximate surface area is 159 Å². The molecule has 3 heterocycles. The second-order valence-electron chi connectivity index (χ2n) is 6.62. The summed E-state index contributed by atoms with van der Waals surface area (Å²) in [5.41, 5.74) is 1.90.